The molecule has 0 aliphatic rings. The summed E-state index contributed by atoms with van der Waals surface area (Å²) in [5.74, 6) is -0.954. The molecule has 4 N–H and O–H groups in total. The highest BCUT2D eigenvalue weighted by atomic mass is 16.4. The lowest BCUT2D eigenvalue weighted by Crippen LogP contribution is -2.20. The van der Waals surface area contributed by atoms with Crippen LogP contribution >= 0.6 is 0 Å². The van der Waals surface area contributed by atoms with E-state index in [1.165, 1.54) is 12.4 Å². The minimum Gasteiger partial charge on any atom is -0.481 e. The summed E-state index contributed by atoms with van der Waals surface area (Å²) in [6.07, 6.45) is 2.84. The summed E-state index contributed by atoms with van der Waals surface area (Å²) in [4.78, 5) is 22.4. The molecule has 1 heterocycles. The third kappa shape index (κ3) is 3.56. The number of carboxylic acids is 1. The molecule has 0 saturated heterocycles. The van der Waals surface area contributed by atoms with Gasteiger partial charge in [-0.05, 0) is 11.6 Å². The number of benzene rings is 1. The van der Waals surface area contributed by atoms with E-state index >= 15 is 0 Å². The number of amides is 2. The number of carbonyl (C=O) groups excluding carboxylic acids is 1. The molecular weight excluding hydrogens is 248 g/mol. The van der Waals surface area contributed by atoms with E-state index in [0.717, 1.165) is 0 Å². The van der Waals surface area contributed by atoms with Gasteiger partial charge in [0.25, 0.3) is 0 Å². The van der Waals surface area contributed by atoms with Crippen LogP contribution in [0.2, 0.25) is 0 Å². The summed E-state index contributed by atoms with van der Waals surface area (Å²) in [7, 11) is 0. The Morgan fingerprint density at radius 1 is 1.26 bits per heavy atom. The average Bonchev–Trinajstić information content (AvgIpc) is 2.83. The molecule has 0 spiro atoms. The number of nitrogens with one attached hydrogen (secondary N) is 3. The zero-order valence-corrected chi connectivity index (χ0v) is 9.88. The van der Waals surface area contributed by atoms with E-state index in [0.29, 0.717) is 16.9 Å². The smallest absolute Gasteiger partial charge is 0.323 e. The molecular formula is C12H12N4O3. The monoisotopic (exact) mass is 260 g/mol. The summed E-state index contributed by atoms with van der Waals surface area (Å²) < 4.78 is 0. The van der Waals surface area contributed by atoms with Crippen molar-refractivity contribution in [2.75, 3.05) is 10.6 Å². The number of anilines is 2. The summed E-state index contributed by atoms with van der Waals surface area (Å²) in [6, 6.07) is 6.28. The van der Waals surface area contributed by atoms with Crippen molar-refractivity contribution < 1.29 is 14.7 Å². The minimum absolute atomic E-state index is 0.151. The molecule has 0 atom stereocenters. The molecule has 0 aliphatic heterocycles. The number of aromatic nitrogens is 2. The molecule has 0 radical (unpaired) electrons. The molecule has 0 saturated carbocycles. The second kappa shape index (κ2) is 5.67. The number of para-hydroxylation sites is 1. The summed E-state index contributed by atoms with van der Waals surface area (Å²) in [6.45, 7) is 0. The van der Waals surface area contributed by atoms with Gasteiger partial charge in [0.15, 0.2) is 0 Å². The number of H-pyrrole nitrogens is 1. The first kappa shape index (κ1) is 12.6. The fourth-order valence-corrected chi connectivity index (χ4v) is 1.56. The van der Waals surface area contributed by atoms with Crippen LogP contribution in [-0.4, -0.2) is 27.3 Å². The van der Waals surface area contributed by atoms with Gasteiger partial charge in [-0.1, -0.05) is 18.2 Å². The van der Waals surface area contributed by atoms with Gasteiger partial charge >= 0.3 is 12.0 Å². The van der Waals surface area contributed by atoms with Gasteiger partial charge in [0.1, 0.15) is 0 Å². The molecule has 2 aromatic rings. The zero-order chi connectivity index (χ0) is 13.7. The quantitative estimate of drug-likeness (QED) is 0.670. The fourth-order valence-electron chi connectivity index (χ4n) is 1.56. The van der Waals surface area contributed by atoms with Gasteiger partial charge in [-0.15, -0.1) is 0 Å². The van der Waals surface area contributed by atoms with Crippen molar-refractivity contribution in [1.29, 1.82) is 0 Å². The van der Waals surface area contributed by atoms with Crippen molar-refractivity contribution >= 4 is 23.4 Å². The second-order valence-corrected chi connectivity index (χ2v) is 3.79. The second-order valence-electron chi connectivity index (χ2n) is 3.79. The minimum atomic E-state index is -0.954. The summed E-state index contributed by atoms with van der Waals surface area (Å²) >= 11 is 0. The third-order valence-electron chi connectivity index (χ3n) is 2.36. The molecule has 0 fully saturated rings. The Morgan fingerprint density at radius 3 is 2.74 bits per heavy atom. The van der Waals surface area contributed by atoms with E-state index in [9.17, 15) is 9.59 Å². The fraction of sp³-hybridized carbons (Fsp3) is 0.0833. The van der Waals surface area contributed by atoms with Crippen LogP contribution in [0.1, 0.15) is 5.56 Å². The Bertz CT molecular complexity index is 580. The van der Waals surface area contributed by atoms with E-state index in [1.54, 1.807) is 24.3 Å². The SMILES string of the molecule is O=C(O)Cc1ccccc1NC(=O)Nc1cn[nH]c1. The molecule has 2 rings (SSSR count). The lowest BCUT2D eigenvalue weighted by Gasteiger charge is -2.09. The van der Waals surface area contributed by atoms with Crippen LogP contribution in [0.15, 0.2) is 36.7 Å². The largest absolute Gasteiger partial charge is 0.481 e. The predicted molar refractivity (Wildman–Crippen MR) is 69.0 cm³/mol. The molecule has 2 amide bonds. The summed E-state index contributed by atoms with van der Waals surface area (Å²) in [5, 5.41) is 20.2. The maximum absolute atomic E-state index is 11.7. The molecule has 98 valence electrons. The Labute approximate surface area is 108 Å². The number of hydrogen-bond acceptors (Lipinski definition) is 3. The van der Waals surface area contributed by atoms with E-state index in [4.69, 9.17) is 5.11 Å². The van der Waals surface area contributed by atoms with Crippen molar-refractivity contribution in [2.24, 2.45) is 0 Å². The van der Waals surface area contributed by atoms with Crippen LogP contribution < -0.4 is 10.6 Å². The number of carbonyl (C=O) groups is 2. The van der Waals surface area contributed by atoms with Crippen LogP contribution in [0.3, 0.4) is 0 Å². The van der Waals surface area contributed by atoms with Crippen molar-refractivity contribution in [2.45, 2.75) is 6.42 Å². The van der Waals surface area contributed by atoms with E-state index in [-0.39, 0.29) is 6.42 Å². The zero-order valence-electron chi connectivity index (χ0n) is 9.88. The van der Waals surface area contributed by atoms with Crippen LogP contribution in [0.25, 0.3) is 0 Å². The predicted octanol–water partition coefficient (Wildman–Crippen LogP) is 1.68. The van der Waals surface area contributed by atoms with Crippen molar-refractivity contribution in [3.8, 4) is 0 Å². The molecule has 1 aromatic carbocycles. The molecule has 7 nitrogen and oxygen atoms in total. The van der Waals surface area contributed by atoms with E-state index in [1.807, 2.05) is 0 Å². The molecule has 1 aromatic heterocycles. The lowest BCUT2D eigenvalue weighted by atomic mass is 10.1. The molecule has 0 unspecified atom stereocenters. The summed E-state index contributed by atoms with van der Waals surface area (Å²) in [5.41, 5.74) is 1.52. The number of rotatable bonds is 4. The highest BCUT2D eigenvalue weighted by Crippen LogP contribution is 2.16. The van der Waals surface area contributed by atoms with Gasteiger partial charge in [0, 0.05) is 11.9 Å². The maximum atomic E-state index is 11.7. The Hall–Kier alpha value is -2.83. The maximum Gasteiger partial charge on any atom is 0.323 e. The van der Waals surface area contributed by atoms with Crippen LogP contribution in [0, 0.1) is 0 Å². The standard InChI is InChI=1S/C12H12N4O3/c17-11(18)5-8-3-1-2-4-10(8)16-12(19)15-9-6-13-14-7-9/h1-4,6-7H,5H2,(H,13,14)(H,17,18)(H2,15,16,19). The van der Waals surface area contributed by atoms with Gasteiger partial charge in [-0.2, -0.15) is 5.10 Å². The molecule has 0 bridgehead atoms. The third-order valence-corrected chi connectivity index (χ3v) is 2.36. The van der Waals surface area contributed by atoms with Crippen LogP contribution in [-0.2, 0) is 11.2 Å². The topological polar surface area (TPSA) is 107 Å². The number of hydrogen-bond donors (Lipinski definition) is 4. The van der Waals surface area contributed by atoms with Crippen LogP contribution in [0.4, 0.5) is 16.2 Å². The first-order valence-corrected chi connectivity index (χ1v) is 5.51. The Balaban J connectivity index is 2.06. The van der Waals surface area contributed by atoms with Gasteiger partial charge in [0.05, 0.1) is 18.3 Å². The lowest BCUT2D eigenvalue weighted by molar-refractivity contribution is -0.136. The molecule has 0 aliphatic carbocycles. The first-order chi connectivity index (χ1) is 9.15. The van der Waals surface area contributed by atoms with E-state index in [2.05, 4.69) is 20.8 Å². The number of aliphatic carboxylic acids is 1. The highest BCUT2D eigenvalue weighted by molar-refractivity contribution is 6.00. The van der Waals surface area contributed by atoms with Crippen molar-refractivity contribution in [1.82, 2.24) is 10.2 Å². The van der Waals surface area contributed by atoms with Gasteiger partial charge in [-0.3, -0.25) is 9.89 Å². The van der Waals surface area contributed by atoms with Gasteiger partial charge < -0.3 is 15.7 Å². The Kier molecular flexibility index (Phi) is 3.77. The number of aromatic amines is 1. The number of carboxylic acid groups (broad SMARTS) is 1. The van der Waals surface area contributed by atoms with Gasteiger partial charge in [-0.25, -0.2) is 4.79 Å². The van der Waals surface area contributed by atoms with Gasteiger partial charge in [0.2, 0.25) is 0 Å². The number of nitrogens with zero attached hydrogens (tertiary/aromatic N) is 1. The van der Waals surface area contributed by atoms with Crippen molar-refractivity contribution in [3.63, 3.8) is 0 Å². The Morgan fingerprint density at radius 2 is 2.05 bits per heavy atom. The first-order valence-electron chi connectivity index (χ1n) is 5.51. The van der Waals surface area contributed by atoms with E-state index < -0.39 is 12.0 Å². The normalized spacial score (nSPS) is 9.89. The van der Waals surface area contributed by atoms with Crippen molar-refractivity contribution in [3.05, 3.63) is 42.2 Å². The highest BCUT2D eigenvalue weighted by Gasteiger charge is 2.09. The molecule has 7 heteroatoms. The average molecular weight is 260 g/mol. The molecule has 19 heavy (non-hydrogen) atoms. The van der Waals surface area contributed by atoms with Crippen LogP contribution in [0.5, 0.6) is 0 Å². The number of urea groups is 1.